The van der Waals surface area contributed by atoms with Gasteiger partial charge in [-0.05, 0) is 5.56 Å². The highest BCUT2D eigenvalue weighted by Gasteiger charge is 2.35. The maximum absolute atomic E-state index is 9.54. The van der Waals surface area contributed by atoms with E-state index < -0.39 is 22.4 Å². The predicted molar refractivity (Wildman–Crippen MR) is 64.7 cm³/mol. The monoisotopic (exact) mass is 306 g/mol. The zero-order chi connectivity index (χ0) is 16.4. The van der Waals surface area contributed by atoms with Crippen LogP contribution in [-0.2, 0) is 4.74 Å². The van der Waals surface area contributed by atoms with Crippen molar-refractivity contribution < 1.29 is 35.5 Å². The first-order valence-corrected chi connectivity index (χ1v) is 5.45. The molecule has 0 radical (unpaired) electrons. The van der Waals surface area contributed by atoms with E-state index in [0.717, 1.165) is 5.56 Å². The highest BCUT2D eigenvalue weighted by molar-refractivity contribution is 5.20. The molecular weight excluding hydrogens is 292 g/mol. The number of nitrogens with zero attached hydrogens (tertiary/aromatic N) is 2. The van der Waals surface area contributed by atoms with Gasteiger partial charge in [-0.3, -0.25) is 0 Å². The van der Waals surface area contributed by atoms with Crippen LogP contribution in [0.15, 0.2) is 30.3 Å². The largest absolute Gasteiger partial charge is 0.388 e. The summed E-state index contributed by atoms with van der Waals surface area (Å²) in [4.78, 5) is 16.7. The number of aliphatic hydroxyl groups excluding tert-OH is 2. The number of hydrogen-bond acceptors (Lipinski definition) is 7. The van der Waals surface area contributed by atoms with E-state index in [1.807, 2.05) is 30.3 Å². The lowest BCUT2D eigenvalue weighted by Gasteiger charge is -2.14. The van der Waals surface area contributed by atoms with Crippen LogP contribution < -0.4 is 0 Å². The molecule has 1 aliphatic heterocycles. The van der Waals surface area contributed by atoms with E-state index in [9.17, 15) is 10.2 Å². The average Bonchev–Trinajstić information content (AvgIpc) is 2.70. The lowest BCUT2D eigenvalue weighted by molar-refractivity contribution is -0.742. The number of rotatable bonds is 1. The van der Waals surface area contributed by atoms with Gasteiger partial charge >= 0.3 is 0 Å². The Balaban J connectivity index is 0.000000421. The highest BCUT2D eigenvalue weighted by atomic mass is 16.9. The third-order valence-corrected chi connectivity index (χ3v) is 2.28. The summed E-state index contributed by atoms with van der Waals surface area (Å²) in [7, 11) is 0. The van der Waals surface area contributed by atoms with Gasteiger partial charge in [0, 0.05) is 0 Å². The molecule has 3 atom stereocenters. The lowest BCUT2D eigenvalue weighted by Crippen LogP contribution is -2.24. The van der Waals surface area contributed by atoms with Crippen LogP contribution in [0.1, 0.15) is 11.7 Å². The van der Waals surface area contributed by atoms with Crippen molar-refractivity contribution >= 4 is 0 Å². The Morgan fingerprint density at radius 3 is 1.81 bits per heavy atom. The van der Waals surface area contributed by atoms with Crippen LogP contribution in [0.5, 0.6) is 0 Å². The molecule has 11 heteroatoms. The maximum atomic E-state index is 9.54. The minimum absolute atomic E-state index is 0.209. The van der Waals surface area contributed by atoms with Gasteiger partial charge in [0.1, 0.15) is 18.3 Å². The van der Waals surface area contributed by atoms with Gasteiger partial charge < -0.3 is 25.4 Å². The molecule has 0 spiro atoms. The molecule has 1 aliphatic rings. The number of aliphatic hydroxyl groups is 2. The predicted octanol–water partition coefficient (Wildman–Crippen LogP) is -0.216. The van der Waals surface area contributed by atoms with Gasteiger partial charge in [-0.2, -0.15) is 0 Å². The molecule has 3 unspecified atom stereocenters. The van der Waals surface area contributed by atoms with Crippen LogP contribution in [0.25, 0.3) is 0 Å². The maximum Gasteiger partial charge on any atom is 0.291 e. The molecule has 0 saturated carbocycles. The second-order valence-electron chi connectivity index (χ2n) is 3.70. The second kappa shape index (κ2) is 9.41. The van der Waals surface area contributed by atoms with Gasteiger partial charge in [0.2, 0.25) is 0 Å². The van der Waals surface area contributed by atoms with Crippen molar-refractivity contribution in [3.8, 4) is 0 Å². The van der Waals surface area contributed by atoms with Crippen LogP contribution in [0, 0.1) is 20.2 Å². The zero-order valence-corrected chi connectivity index (χ0v) is 10.6. The topological polar surface area (TPSA) is 176 Å². The Labute approximate surface area is 117 Å². The summed E-state index contributed by atoms with van der Waals surface area (Å²) in [5.74, 6) is 0. The first-order valence-electron chi connectivity index (χ1n) is 5.45. The minimum atomic E-state index is -1.50. The van der Waals surface area contributed by atoms with E-state index in [1.165, 1.54) is 0 Å². The molecule has 0 bridgehead atoms. The number of ether oxygens (including phenoxy) is 1. The third kappa shape index (κ3) is 8.30. The van der Waals surface area contributed by atoms with E-state index >= 15 is 0 Å². The second-order valence-corrected chi connectivity index (χ2v) is 3.70. The number of benzene rings is 1. The van der Waals surface area contributed by atoms with E-state index in [1.54, 1.807) is 0 Å². The van der Waals surface area contributed by atoms with Crippen LogP contribution in [0.2, 0.25) is 0 Å². The fourth-order valence-electron chi connectivity index (χ4n) is 1.54. The fourth-order valence-corrected chi connectivity index (χ4v) is 1.54. The highest BCUT2D eigenvalue weighted by Crippen LogP contribution is 2.28. The van der Waals surface area contributed by atoms with Crippen molar-refractivity contribution in [3.63, 3.8) is 0 Å². The van der Waals surface area contributed by atoms with Crippen molar-refractivity contribution in [2.45, 2.75) is 18.3 Å². The Morgan fingerprint density at radius 2 is 1.48 bits per heavy atom. The molecule has 0 aromatic heterocycles. The van der Waals surface area contributed by atoms with Crippen LogP contribution in [-0.4, -0.2) is 49.6 Å². The molecule has 1 aromatic carbocycles. The minimum Gasteiger partial charge on any atom is -0.388 e. The van der Waals surface area contributed by atoms with Gasteiger partial charge in [0.25, 0.3) is 10.2 Å². The first kappa shape index (κ1) is 18.5. The molecule has 11 nitrogen and oxygen atoms in total. The standard InChI is InChI=1S/C10H12O3.2HNO3/c11-8-6-13-10(9(8)12)7-4-2-1-3-5-7;2*2-1(3)4/h1-5,8-12H,6H2;2*(H,2,3,4). The Bertz CT molecular complexity index is 421. The van der Waals surface area contributed by atoms with E-state index in [0.29, 0.717) is 0 Å². The molecule has 4 N–H and O–H groups in total. The Morgan fingerprint density at radius 1 is 1.05 bits per heavy atom. The van der Waals surface area contributed by atoms with Crippen LogP contribution in [0.4, 0.5) is 0 Å². The summed E-state index contributed by atoms with van der Waals surface area (Å²) in [5.41, 5.74) is 0.909. The molecule has 0 amide bonds. The summed E-state index contributed by atoms with van der Waals surface area (Å²) in [6.07, 6.45) is -1.94. The normalized spacial score (nSPS) is 23.0. The van der Waals surface area contributed by atoms with E-state index in [2.05, 4.69) is 0 Å². The van der Waals surface area contributed by atoms with Gasteiger partial charge in [-0.1, -0.05) is 30.3 Å². The molecule has 118 valence electrons. The summed E-state index contributed by atoms with van der Waals surface area (Å²) in [6, 6.07) is 9.44. The molecule has 21 heavy (non-hydrogen) atoms. The first-order chi connectivity index (χ1) is 9.75. The van der Waals surface area contributed by atoms with Crippen molar-refractivity contribution in [2.24, 2.45) is 0 Å². The Kier molecular flexibility index (Phi) is 8.29. The Hall–Kier alpha value is -2.50. The summed E-state index contributed by atoms with van der Waals surface area (Å²) in [5, 5.41) is 46.1. The molecular formula is C10H14N2O9. The van der Waals surface area contributed by atoms with Crippen molar-refractivity contribution in [2.75, 3.05) is 6.61 Å². The molecule has 1 aromatic rings. The van der Waals surface area contributed by atoms with Crippen molar-refractivity contribution in [1.82, 2.24) is 0 Å². The SMILES string of the molecule is O=[N+]([O-])O.O=[N+]([O-])O.OC1COC(c2ccccc2)C1O. The van der Waals surface area contributed by atoms with Crippen LogP contribution in [0.3, 0.4) is 0 Å². The van der Waals surface area contributed by atoms with Gasteiger partial charge in [0.05, 0.1) is 6.61 Å². The lowest BCUT2D eigenvalue weighted by atomic mass is 10.0. The van der Waals surface area contributed by atoms with Gasteiger partial charge in [-0.25, -0.2) is 0 Å². The van der Waals surface area contributed by atoms with Gasteiger partial charge in [0.15, 0.2) is 0 Å². The number of hydrogen-bond donors (Lipinski definition) is 4. The molecule has 1 fully saturated rings. The molecule has 1 saturated heterocycles. The van der Waals surface area contributed by atoms with Crippen molar-refractivity contribution in [3.05, 3.63) is 56.1 Å². The average molecular weight is 306 g/mol. The van der Waals surface area contributed by atoms with Crippen LogP contribution >= 0.6 is 0 Å². The molecule has 1 heterocycles. The summed E-state index contributed by atoms with van der Waals surface area (Å²) >= 11 is 0. The zero-order valence-electron chi connectivity index (χ0n) is 10.6. The van der Waals surface area contributed by atoms with Gasteiger partial charge in [-0.15, -0.1) is 20.2 Å². The van der Waals surface area contributed by atoms with E-state index in [-0.39, 0.29) is 12.7 Å². The molecule has 0 aliphatic carbocycles. The third-order valence-electron chi connectivity index (χ3n) is 2.28. The smallest absolute Gasteiger partial charge is 0.291 e. The summed E-state index contributed by atoms with van der Waals surface area (Å²) in [6.45, 7) is 0.209. The van der Waals surface area contributed by atoms with E-state index in [4.69, 9.17) is 35.4 Å². The molecule has 2 rings (SSSR count). The fraction of sp³-hybridized carbons (Fsp3) is 0.400. The quantitative estimate of drug-likeness (QED) is 0.403. The summed E-state index contributed by atoms with van der Waals surface area (Å²) < 4.78 is 5.26. The van der Waals surface area contributed by atoms with Crippen molar-refractivity contribution in [1.29, 1.82) is 0 Å².